The Kier molecular flexibility index (Phi) is 12.9. The maximum Gasteiger partial charge on any atom is 0.162 e. The molecule has 0 aromatic rings. The molecule has 0 amide bonds. The maximum absolute atomic E-state index is 12.9. The molecule has 0 aromatic carbocycles. The molecule has 2 rings (SSSR count). The van der Waals surface area contributed by atoms with E-state index in [2.05, 4.69) is 27.7 Å². The van der Waals surface area contributed by atoms with E-state index in [1.165, 1.54) is 0 Å². The van der Waals surface area contributed by atoms with Gasteiger partial charge in [-0.3, -0.25) is 9.59 Å². The van der Waals surface area contributed by atoms with Gasteiger partial charge in [-0.2, -0.15) is 0 Å². The Morgan fingerprint density at radius 2 is 0.773 bits per heavy atom. The molecule has 0 unspecified atom stereocenters. The summed E-state index contributed by atoms with van der Waals surface area (Å²) in [5.41, 5.74) is 2.65. The van der Waals surface area contributed by atoms with Crippen molar-refractivity contribution < 1.29 is 19.8 Å². The van der Waals surface area contributed by atoms with Crippen molar-refractivity contribution in [3.05, 3.63) is 107 Å². The molecule has 0 aromatic heterocycles. The molecule has 0 aliphatic heterocycles. The van der Waals surface area contributed by atoms with Gasteiger partial charge in [-0.15, -0.1) is 0 Å². The van der Waals surface area contributed by atoms with Crippen molar-refractivity contribution in [2.24, 2.45) is 21.7 Å². The predicted octanol–water partition coefficient (Wildman–Crippen LogP) is 9.07. The highest BCUT2D eigenvalue weighted by atomic mass is 16.3. The Morgan fingerprint density at radius 3 is 1.07 bits per heavy atom. The molecule has 4 nitrogen and oxygen atoms in total. The summed E-state index contributed by atoms with van der Waals surface area (Å²) < 4.78 is 0. The largest absolute Gasteiger partial charge is 0.393 e. The molecule has 4 heteroatoms. The molecule has 2 N–H and O–H groups in total. The normalized spacial score (nSPS) is 30.3. The summed E-state index contributed by atoms with van der Waals surface area (Å²) in [6.07, 6.45) is 28.6. The van der Waals surface area contributed by atoms with Crippen molar-refractivity contribution in [1.82, 2.24) is 0 Å². The van der Waals surface area contributed by atoms with Crippen LogP contribution in [0.25, 0.3) is 0 Å². The van der Waals surface area contributed by atoms with Gasteiger partial charge in [0.2, 0.25) is 0 Å². The number of aliphatic hydroxyl groups excluding tert-OH is 2. The number of ketones is 2. The third-order valence-corrected chi connectivity index (χ3v) is 10.1. The van der Waals surface area contributed by atoms with Crippen LogP contribution in [0.5, 0.6) is 0 Å². The van der Waals surface area contributed by atoms with E-state index in [0.717, 1.165) is 22.3 Å². The number of aliphatic hydroxyl groups is 2. The second-order valence-electron chi connectivity index (χ2n) is 14.7. The molecule has 0 bridgehead atoms. The summed E-state index contributed by atoms with van der Waals surface area (Å²) in [4.78, 5) is 25.9. The van der Waals surface area contributed by atoms with Crippen LogP contribution in [-0.2, 0) is 9.59 Å². The van der Waals surface area contributed by atoms with E-state index >= 15 is 0 Å². The third kappa shape index (κ3) is 9.71. The van der Waals surface area contributed by atoms with E-state index in [4.69, 9.17) is 0 Å². The number of hydrogen-bond donors (Lipinski definition) is 2. The first-order valence-electron chi connectivity index (χ1n) is 15.9. The van der Waals surface area contributed by atoms with Gasteiger partial charge in [0.25, 0.3) is 0 Å². The number of allylic oxidation sites excluding steroid dienone is 18. The Labute approximate surface area is 267 Å². The fourth-order valence-electron chi connectivity index (χ4n) is 6.26. The van der Waals surface area contributed by atoms with Gasteiger partial charge in [-0.05, 0) is 76.4 Å². The standard InChI is InChI=1S/C40H56O4/c1-29(17-13-19-31(3)21-23-35(43)39(9)27-33(41)25-37(39,5)6)15-11-12-16-30(2)18-14-20-32(4)22-24-36(44)40(10)28-34(42)26-38(40,7)8/h11-24,33-34,41-42H,25-28H2,1-10H3/b12-11+,17-13+,18-14+,23-21-,24-22+,29-15+,30-16+,31-19-,32-20+/t33-,34-,39+,40+/m1/s1. The number of hydrogen-bond acceptors (Lipinski definition) is 4. The van der Waals surface area contributed by atoms with E-state index in [1.807, 2.05) is 114 Å². The fourth-order valence-corrected chi connectivity index (χ4v) is 6.26. The van der Waals surface area contributed by atoms with Crippen molar-refractivity contribution in [2.75, 3.05) is 0 Å². The van der Waals surface area contributed by atoms with Crippen LogP contribution >= 0.6 is 0 Å². The first-order valence-corrected chi connectivity index (χ1v) is 15.9. The van der Waals surface area contributed by atoms with Gasteiger partial charge in [0, 0.05) is 10.8 Å². The monoisotopic (exact) mass is 600 g/mol. The lowest BCUT2D eigenvalue weighted by atomic mass is 9.66. The highest BCUT2D eigenvalue weighted by Crippen LogP contribution is 2.54. The molecular formula is C40H56O4. The van der Waals surface area contributed by atoms with Crippen molar-refractivity contribution >= 4 is 11.6 Å². The predicted molar refractivity (Wildman–Crippen MR) is 185 cm³/mol. The second-order valence-corrected chi connectivity index (χ2v) is 14.7. The van der Waals surface area contributed by atoms with E-state index in [-0.39, 0.29) is 22.4 Å². The fraction of sp³-hybridized carbons (Fsp3) is 0.500. The van der Waals surface area contributed by atoms with Gasteiger partial charge >= 0.3 is 0 Å². The second kappa shape index (κ2) is 15.3. The maximum atomic E-state index is 12.9. The highest BCUT2D eigenvalue weighted by molar-refractivity contribution is 5.96. The molecule has 0 spiro atoms. The van der Waals surface area contributed by atoms with Crippen molar-refractivity contribution in [2.45, 2.75) is 107 Å². The number of carbonyl (C=O) groups excluding carboxylic acids is 2. The number of carbonyl (C=O) groups is 2. The quantitative estimate of drug-likeness (QED) is 0.173. The minimum absolute atomic E-state index is 0.0742. The molecule has 44 heavy (non-hydrogen) atoms. The Balaban J connectivity index is 1.87. The highest BCUT2D eigenvalue weighted by Gasteiger charge is 2.53. The molecular weight excluding hydrogens is 544 g/mol. The van der Waals surface area contributed by atoms with Crippen molar-refractivity contribution in [3.63, 3.8) is 0 Å². The summed E-state index contributed by atoms with van der Waals surface area (Å²) >= 11 is 0. The van der Waals surface area contributed by atoms with Crippen LogP contribution < -0.4 is 0 Å². The van der Waals surface area contributed by atoms with E-state index in [0.29, 0.717) is 25.7 Å². The summed E-state index contributed by atoms with van der Waals surface area (Å²) in [7, 11) is 0. The summed E-state index contributed by atoms with van der Waals surface area (Å²) in [6, 6.07) is 0. The lowest BCUT2D eigenvalue weighted by Gasteiger charge is -2.35. The van der Waals surface area contributed by atoms with E-state index < -0.39 is 23.0 Å². The van der Waals surface area contributed by atoms with Crippen LogP contribution in [-0.4, -0.2) is 34.0 Å². The smallest absolute Gasteiger partial charge is 0.162 e. The first-order chi connectivity index (χ1) is 20.3. The minimum atomic E-state index is -0.542. The molecule has 0 heterocycles. The van der Waals surface area contributed by atoms with Crippen molar-refractivity contribution in [3.8, 4) is 0 Å². The van der Waals surface area contributed by atoms with Gasteiger partial charge in [0.1, 0.15) is 0 Å². The van der Waals surface area contributed by atoms with Crippen LogP contribution in [0.4, 0.5) is 0 Å². The van der Waals surface area contributed by atoms with Gasteiger partial charge in [-0.1, -0.05) is 137 Å². The SMILES string of the molecule is CC(/C=C\C(=O)[C@]1(C)C[C@H](O)CC1(C)C)=C/C=C/C(C)=C/C=C/C=C(C)/C=C/C=C(C)/C=C/C(=O)[C@]1(C)C[C@H](O)CC1(C)C. The zero-order valence-corrected chi connectivity index (χ0v) is 28.8. The topological polar surface area (TPSA) is 74.6 Å². The molecule has 2 aliphatic rings. The molecule has 4 atom stereocenters. The van der Waals surface area contributed by atoms with Gasteiger partial charge in [-0.25, -0.2) is 0 Å². The van der Waals surface area contributed by atoms with Gasteiger partial charge < -0.3 is 10.2 Å². The lowest BCUT2D eigenvalue weighted by molar-refractivity contribution is -0.128. The minimum Gasteiger partial charge on any atom is -0.393 e. The Hall–Kier alpha value is -3.08. The molecule has 240 valence electrons. The average molecular weight is 601 g/mol. The molecule has 2 fully saturated rings. The first kappa shape index (κ1) is 37.1. The van der Waals surface area contributed by atoms with Gasteiger partial charge in [0.05, 0.1) is 12.2 Å². The zero-order chi connectivity index (χ0) is 33.3. The van der Waals surface area contributed by atoms with Crippen LogP contribution in [0.3, 0.4) is 0 Å². The molecule has 0 saturated heterocycles. The van der Waals surface area contributed by atoms with E-state index in [1.54, 1.807) is 12.2 Å². The lowest BCUT2D eigenvalue weighted by Crippen LogP contribution is -2.36. The van der Waals surface area contributed by atoms with Crippen LogP contribution in [0.2, 0.25) is 0 Å². The van der Waals surface area contributed by atoms with Crippen molar-refractivity contribution in [1.29, 1.82) is 0 Å². The summed E-state index contributed by atoms with van der Waals surface area (Å²) in [5, 5.41) is 20.2. The molecule has 2 saturated carbocycles. The average Bonchev–Trinajstić information content (AvgIpc) is 3.27. The molecule has 0 radical (unpaired) electrons. The third-order valence-electron chi connectivity index (χ3n) is 10.1. The Morgan fingerprint density at radius 1 is 0.477 bits per heavy atom. The Bertz CT molecular complexity index is 1230. The zero-order valence-electron chi connectivity index (χ0n) is 28.8. The van der Waals surface area contributed by atoms with Gasteiger partial charge in [0.15, 0.2) is 11.6 Å². The molecule has 2 aliphatic carbocycles. The van der Waals surface area contributed by atoms with Crippen LogP contribution in [0.1, 0.15) is 94.9 Å². The summed E-state index contributed by atoms with van der Waals surface area (Å²) in [6.45, 7) is 20.2. The number of rotatable bonds is 12. The van der Waals surface area contributed by atoms with Crippen LogP contribution in [0.15, 0.2) is 107 Å². The van der Waals surface area contributed by atoms with Crippen LogP contribution in [0, 0.1) is 21.7 Å². The van der Waals surface area contributed by atoms with E-state index in [9.17, 15) is 19.8 Å². The summed E-state index contributed by atoms with van der Waals surface area (Å²) in [5.74, 6) is 0.148.